The maximum absolute atomic E-state index is 10.9. The molecule has 0 aliphatic carbocycles. The zero-order valence-electron chi connectivity index (χ0n) is 9.51. The Morgan fingerprint density at radius 3 is 2.25 bits per heavy atom. The zero-order chi connectivity index (χ0) is 12.7. The predicted octanol–water partition coefficient (Wildman–Crippen LogP) is 0.505. The largest absolute Gasteiger partial charge is 0.481 e. The molecule has 5 heteroatoms. The number of hydrogen-bond donors (Lipinski definition) is 2. The van der Waals surface area contributed by atoms with E-state index in [0.29, 0.717) is 6.42 Å². The predicted molar refractivity (Wildman–Crippen MR) is 58.9 cm³/mol. The standard InChI is InChI=1S/C11H17NO4/c1-4-6-12(7-8(3)10(13)14)9(5-2)11(15)16/h1,8-9H,5-7H2,2-3H3,(H,13,14)(H,15,16). The van der Waals surface area contributed by atoms with Gasteiger partial charge in [0.05, 0.1) is 12.5 Å². The van der Waals surface area contributed by atoms with E-state index in [-0.39, 0.29) is 13.1 Å². The SMILES string of the molecule is C#CCN(CC(C)C(=O)O)C(CC)C(=O)O. The summed E-state index contributed by atoms with van der Waals surface area (Å²) in [4.78, 5) is 23.1. The van der Waals surface area contributed by atoms with E-state index in [4.69, 9.17) is 16.6 Å². The van der Waals surface area contributed by atoms with Gasteiger partial charge in [0.1, 0.15) is 6.04 Å². The molecule has 0 spiro atoms. The highest BCUT2D eigenvalue weighted by Gasteiger charge is 2.26. The topological polar surface area (TPSA) is 77.8 Å². The summed E-state index contributed by atoms with van der Waals surface area (Å²) < 4.78 is 0. The second kappa shape index (κ2) is 6.85. The summed E-state index contributed by atoms with van der Waals surface area (Å²) in [6.07, 6.45) is 5.53. The molecule has 0 saturated heterocycles. The lowest BCUT2D eigenvalue weighted by Gasteiger charge is -2.27. The Morgan fingerprint density at radius 1 is 1.38 bits per heavy atom. The van der Waals surface area contributed by atoms with Gasteiger partial charge < -0.3 is 10.2 Å². The van der Waals surface area contributed by atoms with Crippen LogP contribution in [0, 0.1) is 18.3 Å². The summed E-state index contributed by atoms with van der Waals surface area (Å²) in [5.74, 6) is -0.219. The normalized spacial score (nSPS) is 14.1. The molecule has 0 heterocycles. The van der Waals surface area contributed by atoms with Crippen LogP contribution in [-0.2, 0) is 9.59 Å². The Balaban J connectivity index is 4.65. The third kappa shape index (κ3) is 4.32. The Labute approximate surface area is 95.1 Å². The van der Waals surface area contributed by atoms with Gasteiger partial charge in [-0.15, -0.1) is 6.42 Å². The van der Waals surface area contributed by atoms with Crippen LogP contribution in [0.4, 0.5) is 0 Å². The minimum Gasteiger partial charge on any atom is -0.481 e. The highest BCUT2D eigenvalue weighted by molar-refractivity contribution is 5.74. The summed E-state index contributed by atoms with van der Waals surface area (Å²) in [5, 5.41) is 17.7. The van der Waals surface area contributed by atoms with E-state index in [1.54, 1.807) is 6.92 Å². The molecule has 2 atom stereocenters. The molecule has 0 rings (SSSR count). The van der Waals surface area contributed by atoms with Crippen LogP contribution in [0.2, 0.25) is 0 Å². The van der Waals surface area contributed by atoms with Crippen molar-refractivity contribution in [2.24, 2.45) is 5.92 Å². The molecule has 16 heavy (non-hydrogen) atoms. The lowest BCUT2D eigenvalue weighted by atomic mass is 10.1. The number of carboxylic acid groups (broad SMARTS) is 2. The summed E-state index contributed by atoms with van der Waals surface area (Å²) in [6, 6.07) is -0.724. The van der Waals surface area contributed by atoms with Crippen molar-refractivity contribution in [3.8, 4) is 12.3 Å². The van der Waals surface area contributed by atoms with Crippen molar-refractivity contribution in [3.05, 3.63) is 0 Å². The van der Waals surface area contributed by atoms with Crippen LogP contribution < -0.4 is 0 Å². The van der Waals surface area contributed by atoms with Crippen molar-refractivity contribution in [1.29, 1.82) is 0 Å². The first-order valence-corrected chi connectivity index (χ1v) is 5.07. The highest BCUT2D eigenvalue weighted by Crippen LogP contribution is 2.08. The molecule has 0 fully saturated rings. The fourth-order valence-corrected chi connectivity index (χ4v) is 1.44. The van der Waals surface area contributed by atoms with Gasteiger partial charge in [-0.1, -0.05) is 19.8 Å². The van der Waals surface area contributed by atoms with Crippen molar-refractivity contribution in [3.63, 3.8) is 0 Å². The molecule has 0 saturated carbocycles. The average Bonchev–Trinajstić information content (AvgIpc) is 2.18. The molecular weight excluding hydrogens is 210 g/mol. The number of carbonyl (C=O) groups is 2. The first kappa shape index (κ1) is 14.5. The lowest BCUT2D eigenvalue weighted by molar-refractivity contribution is -0.147. The van der Waals surface area contributed by atoms with E-state index >= 15 is 0 Å². The maximum Gasteiger partial charge on any atom is 0.320 e. The Bertz CT molecular complexity index is 295. The lowest BCUT2D eigenvalue weighted by Crippen LogP contribution is -2.44. The maximum atomic E-state index is 10.9. The monoisotopic (exact) mass is 227 g/mol. The van der Waals surface area contributed by atoms with Gasteiger partial charge in [0.2, 0.25) is 0 Å². The van der Waals surface area contributed by atoms with Crippen LogP contribution >= 0.6 is 0 Å². The van der Waals surface area contributed by atoms with E-state index < -0.39 is 23.9 Å². The van der Waals surface area contributed by atoms with Crippen molar-refractivity contribution in [2.75, 3.05) is 13.1 Å². The molecule has 90 valence electrons. The van der Waals surface area contributed by atoms with Crippen molar-refractivity contribution in [2.45, 2.75) is 26.3 Å². The first-order chi connectivity index (χ1) is 7.43. The molecule has 0 bridgehead atoms. The minimum atomic E-state index is -0.977. The molecule has 0 aliphatic heterocycles. The van der Waals surface area contributed by atoms with E-state index in [1.165, 1.54) is 11.8 Å². The first-order valence-electron chi connectivity index (χ1n) is 5.07. The third-order valence-electron chi connectivity index (χ3n) is 2.34. The molecular formula is C11H17NO4. The van der Waals surface area contributed by atoms with Gasteiger partial charge in [0.25, 0.3) is 0 Å². The van der Waals surface area contributed by atoms with Gasteiger partial charge >= 0.3 is 11.9 Å². The van der Waals surface area contributed by atoms with Crippen LogP contribution in [0.1, 0.15) is 20.3 Å². The molecule has 2 N–H and O–H groups in total. The molecule has 0 aromatic carbocycles. The summed E-state index contributed by atoms with van der Waals surface area (Å²) in [6.45, 7) is 3.54. The molecule has 0 radical (unpaired) electrons. The highest BCUT2D eigenvalue weighted by atomic mass is 16.4. The number of aliphatic carboxylic acids is 2. The molecule has 0 aromatic rings. The second-order valence-electron chi connectivity index (χ2n) is 3.64. The Hall–Kier alpha value is -1.54. The van der Waals surface area contributed by atoms with Crippen molar-refractivity contribution in [1.82, 2.24) is 4.90 Å². The van der Waals surface area contributed by atoms with Gasteiger partial charge in [0.15, 0.2) is 0 Å². The number of nitrogens with zero attached hydrogens (tertiary/aromatic N) is 1. The van der Waals surface area contributed by atoms with Crippen LogP contribution in [0.25, 0.3) is 0 Å². The molecule has 5 nitrogen and oxygen atoms in total. The smallest absolute Gasteiger partial charge is 0.320 e. The van der Waals surface area contributed by atoms with Crippen LogP contribution in [0.3, 0.4) is 0 Å². The molecule has 0 aliphatic rings. The minimum absolute atomic E-state index is 0.141. The molecule has 0 aromatic heterocycles. The Kier molecular flexibility index (Phi) is 6.19. The van der Waals surface area contributed by atoms with Crippen LogP contribution in [0.15, 0.2) is 0 Å². The summed E-state index contributed by atoms with van der Waals surface area (Å²) in [7, 11) is 0. The Morgan fingerprint density at radius 2 is 1.94 bits per heavy atom. The van der Waals surface area contributed by atoms with Gasteiger partial charge in [-0.2, -0.15) is 0 Å². The van der Waals surface area contributed by atoms with E-state index in [0.717, 1.165) is 0 Å². The number of carboxylic acids is 2. The van der Waals surface area contributed by atoms with Gasteiger partial charge in [-0.05, 0) is 6.42 Å². The third-order valence-corrected chi connectivity index (χ3v) is 2.34. The number of rotatable bonds is 7. The van der Waals surface area contributed by atoms with Crippen molar-refractivity contribution >= 4 is 11.9 Å². The fraction of sp³-hybridized carbons (Fsp3) is 0.636. The van der Waals surface area contributed by atoms with Gasteiger partial charge in [0, 0.05) is 6.54 Å². The molecule has 2 unspecified atom stereocenters. The van der Waals surface area contributed by atoms with E-state index in [9.17, 15) is 9.59 Å². The second-order valence-corrected chi connectivity index (χ2v) is 3.64. The fourth-order valence-electron chi connectivity index (χ4n) is 1.44. The summed E-state index contributed by atoms with van der Waals surface area (Å²) in [5.41, 5.74) is 0. The zero-order valence-corrected chi connectivity index (χ0v) is 9.51. The van der Waals surface area contributed by atoms with Crippen LogP contribution in [-0.4, -0.2) is 46.2 Å². The summed E-state index contributed by atoms with van der Waals surface area (Å²) >= 11 is 0. The van der Waals surface area contributed by atoms with Gasteiger partial charge in [-0.25, -0.2) is 0 Å². The quantitative estimate of drug-likeness (QED) is 0.619. The average molecular weight is 227 g/mol. The molecule has 0 amide bonds. The van der Waals surface area contributed by atoms with E-state index in [1.807, 2.05) is 0 Å². The van der Waals surface area contributed by atoms with Crippen LogP contribution in [0.5, 0.6) is 0 Å². The van der Waals surface area contributed by atoms with Gasteiger partial charge in [-0.3, -0.25) is 14.5 Å². The van der Waals surface area contributed by atoms with Crippen molar-refractivity contribution < 1.29 is 19.8 Å². The van der Waals surface area contributed by atoms with E-state index in [2.05, 4.69) is 5.92 Å². The number of hydrogen-bond acceptors (Lipinski definition) is 3. The number of terminal acetylenes is 1.